The minimum atomic E-state index is -4.46. The number of benzene rings is 1. The summed E-state index contributed by atoms with van der Waals surface area (Å²) in [6, 6.07) is 4.73. The summed E-state index contributed by atoms with van der Waals surface area (Å²) in [5.74, 6) is -0.900. The number of hydrogen-bond acceptors (Lipinski definition) is 2. The molecule has 0 bridgehead atoms. The zero-order valence-electron chi connectivity index (χ0n) is 8.54. The lowest BCUT2D eigenvalue weighted by Crippen LogP contribution is -2.14. The van der Waals surface area contributed by atoms with Crippen LogP contribution >= 0.6 is 0 Å². The van der Waals surface area contributed by atoms with Crippen LogP contribution in [0.25, 0.3) is 11.0 Å². The second-order valence-corrected chi connectivity index (χ2v) is 3.39. The fourth-order valence-electron chi connectivity index (χ4n) is 1.71. The number of aromatic nitrogens is 2. The Kier molecular flexibility index (Phi) is 2.29. The van der Waals surface area contributed by atoms with E-state index < -0.39 is 12.0 Å². The Bertz CT molecular complexity index is 528. The van der Waals surface area contributed by atoms with Crippen molar-refractivity contribution < 1.29 is 13.2 Å². The number of para-hydroxylation sites is 1. The predicted octanol–water partition coefficient (Wildman–Crippen LogP) is 2.66. The number of rotatable bonds is 1. The van der Waals surface area contributed by atoms with Gasteiger partial charge in [0.05, 0.1) is 11.2 Å². The van der Waals surface area contributed by atoms with Crippen LogP contribution in [0.3, 0.4) is 0 Å². The first-order valence-corrected chi connectivity index (χ1v) is 4.77. The molecule has 2 rings (SSSR count). The van der Waals surface area contributed by atoms with Crippen molar-refractivity contribution in [1.82, 2.24) is 9.55 Å². The van der Waals surface area contributed by atoms with Crippen LogP contribution in [-0.4, -0.2) is 9.55 Å². The minimum absolute atomic E-state index is 0.203. The number of halogens is 3. The number of nitrogens with two attached hydrogens (primary N) is 1. The number of nitrogens with zero attached hydrogens (tertiary/aromatic N) is 2. The number of anilines is 1. The van der Waals surface area contributed by atoms with Crippen LogP contribution in [0, 0.1) is 0 Å². The summed E-state index contributed by atoms with van der Waals surface area (Å²) in [5, 5.41) is 0. The Hall–Kier alpha value is -1.72. The first-order chi connectivity index (χ1) is 7.45. The second-order valence-electron chi connectivity index (χ2n) is 3.39. The monoisotopic (exact) mass is 229 g/mol. The molecule has 0 atom stereocenters. The summed E-state index contributed by atoms with van der Waals surface area (Å²) in [4.78, 5) is 3.57. The second kappa shape index (κ2) is 3.40. The van der Waals surface area contributed by atoms with Gasteiger partial charge in [-0.05, 0) is 19.1 Å². The molecule has 0 spiro atoms. The van der Waals surface area contributed by atoms with Crippen LogP contribution in [0.2, 0.25) is 0 Å². The molecule has 0 aliphatic rings. The van der Waals surface area contributed by atoms with E-state index in [-0.39, 0.29) is 17.7 Å². The number of imidazole rings is 1. The van der Waals surface area contributed by atoms with Crippen molar-refractivity contribution in [3.63, 3.8) is 0 Å². The normalized spacial score (nSPS) is 12.2. The Morgan fingerprint density at radius 3 is 2.62 bits per heavy atom. The summed E-state index contributed by atoms with van der Waals surface area (Å²) in [6.45, 7) is 1.84. The lowest BCUT2D eigenvalue weighted by Gasteiger charge is -2.08. The molecular formula is C10H10F3N3. The fourth-order valence-corrected chi connectivity index (χ4v) is 1.71. The number of fused-ring (bicyclic) bond motifs is 1. The van der Waals surface area contributed by atoms with Gasteiger partial charge in [-0.1, -0.05) is 6.07 Å². The topological polar surface area (TPSA) is 43.8 Å². The van der Waals surface area contributed by atoms with E-state index in [1.54, 1.807) is 19.1 Å². The van der Waals surface area contributed by atoms with Crippen LogP contribution < -0.4 is 5.73 Å². The van der Waals surface area contributed by atoms with Crippen molar-refractivity contribution in [3.8, 4) is 0 Å². The van der Waals surface area contributed by atoms with Gasteiger partial charge in [0.15, 0.2) is 0 Å². The molecule has 0 fully saturated rings. The molecule has 1 heterocycles. The van der Waals surface area contributed by atoms with Crippen LogP contribution in [0.5, 0.6) is 0 Å². The van der Waals surface area contributed by atoms with Crippen LogP contribution in [-0.2, 0) is 12.7 Å². The molecule has 86 valence electrons. The highest BCUT2D eigenvalue weighted by Crippen LogP contribution is 2.32. The quantitative estimate of drug-likeness (QED) is 0.764. The lowest BCUT2D eigenvalue weighted by molar-refractivity contribution is -0.146. The maximum Gasteiger partial charge on any atom is 0.449 e. The highest BCUT2D eigenvalue weighted by molar-refractivity contribution is 5.87. The first kappa shape index (κ1) is 10.8. The fraction of sp³-hybridized carbons (Fsp3) is 0.300. The van der Waals surface area contributed by atoms with Crippen molar-refractivity contribution in [3.05, 3.63) is 24.0 Å². The van der Waals surface area contributed by atoms with Crippen molar-refractivity contribution >= 4 is 16.7 Å². The number of nitrogen functional groups attached to an aromatic ring is 1. The lowest BCUT2D eigenvalue weighted by atomic mass is 10.3. The van der Waals surface area contributed by atoms with Gasteiger partial charge in [0, 0.05) is 6.54 Å². The molecule has 16 heavy (non-hydrogen) atoms. The summed E-state index contributed by atoms with van der Waals surface area (Å²) >= 11 is 0. The molecule has 2 aromatic rings. The molecule has 1 aromatic carbocycles. The Labute approximate surface area is 89.7 Å². The van der Waals surface area contributed by atoms with Gasteiger partial charge in [-0.25, -0.2) is 4.98 Å². The average Bonchev–Trinajstić information content (AvgIpc) is 2.57. The third kappa shape index (κ3) is 1.50. The Morgan fingerprint density at radius 1 is 1.38 bits per heavy atom. The summed E-state index contributed by atoms with van der Waals surface area (Å²) in [6.07, 6.45) is -4.46. The largest absolute Gasteiger partial charge is 0.449 e. The molecule has 0 radical (unpaired) electrons. The van der Waals surface area contributed by atoms with Gasteiger partial charge < -0.3 is 10.3 Å². The van der Waals surface area contributed by atoms with Gasteiger partial charge in [0.2, 0.25) is 5.82 Å². The molecule has 1 aromatic heterocycles. The summed E-state index contributed by atoms with van der Waals surface area (Å²) in [7, 11) is 0. The van der Waals surface area contributed by atoms with E-state index >= 15 is 0 Å². The van der Waals surface area contributed by atoms with Gasteiger partial charge in [0.1, 0.15) is 5.52 Å². The van der Waals surface area contributed by atoms with Crippen molar-refractivity contribution in [2.45, 2.75) is 19.6 Å². The molecule has 0 aliphatic carbocycles. The van der Waals surface area contributed by atoms with Gasteiger partial charge in [-0.2, -0.15) is 13.2 Å². The molecular weight excluding hydrogens is 219 g/mol. The summed E-state index contributed by atoms with van der Waals surface area (Å²) in [5.41, 5.74) is 6.47. The third-order valence-electron chi connectivity index (χ3n) is 2.38. The van der Waals surface area contributed by atoms with Crippen LogP contribution in [0.1, 0.15) is 12.7 Å². The molecule has 0 unspecified atom stereocenters. The van der Waals surface area contributed by atoms with Gasteiger partial charge in [0.25, 0.3) is 0 Å². The average molecular weight is 229 g/mol. The van der Waals surface area contributed by atoms with Crippen molar-refractivity contribution in [2.75, 3.05) is 5.73 Å². The Morgan fingerprint density at radius 2 is 2.06 bits per heavy atom. The van der Waals surface area contributed by atoms with E-state index in [1.807, 2.05) is 0 Å². The van der Waals surface area contributed by atoms with E-state index in [1.165, 1.54) is 6.07 Å². The van der Waals surface area contributed by atoms with E-state index in [9.17, 15) is 13.2 Å². The standard InChI is InChI=1S/C10H10F3N3/c1-2-16-7-5-3-4-6(14)8(7)15-9(16)10(11,12)13/h3-5H,2,14H2,1H3. The minimum Gasteiger partial charge on any atom is -0.397 e. The highest BCUT2D eigenvalue weighted by Gasteiger charge is 2.37. The molecule has 0 saturated heterocycles. The highest BCUT2D eigenvalue weighted by atomic mass is 19.4. The van der Waals surface area contributed by atoms with E-state index in [0.717, 1.165) is 4.57 Å². The zero-order chi connectivity index (χ0) is 11.9. The molecule has 0 saturated carbocycles. The third-order valence-corrected chi connectivity index (χ3v) is 2.38. The molecule has 3 nitrogen and oxygen atoms in total. The molecule has 2 N–H and O–H groups in total. The number of hydrogen-bond donors (Lipinski definition) is 1. The smallest absolute Gasteiger partial charge is 0.397 e. The summed E-state index contributed by atoms with van der Waals surface area (Å²) < 4.78 is 39.2. The maximum atomic E-state index is 12.7. The SMILES string of the molecule is CCn1c(C(F)(F)F)nc2c(N)cccc21. The van der Waals surface area contributed by atoms with Gasteiger partial charge in [-0.3, -0.25) is 0 Å². The van der Waals surface area contributed by atoms with Crippen molar-refractivity contribution in [2.24, 2.45) is 0 Å². The van der Waals surface area contributed by atoms with E-state index in [2.05, 4.69) is 4.98 Å². The number of alkyl halides is 3. The number of aryl methyl sites for hydroxylation is 1. The molecule has 0 amide bonds. The van der Waals surface area contributed by atoms with Crippen LogP contribution in [0.15, 0.2) is 18.2 Å². The first-order valence-electron chi connectivity index (χ1n) is 4.77. The van der Waals surface area contributed by atoms with E-state index in [0.29, 0.717) is 5.52 Å². The predicted molar refractivity (Wildman–Crippen MR) is 54.8 cm³/mol. The zero-order valence-corrected chi connectivity index (χ0v) is 8.54. The maximum absolute atomic E-state index is 12.7. The van der Waals surface area contributed by atoms with E-state index in [4.69, 9.17) is 5.73 Å². The van der Waals surface area contributed by atoms with Gasteiger partial charge in [-0.15, -0.1) is 0 Å². The molecule has 6 heteroatoms. The Balaban J connectivity index is 2.81. The molecule has 0 aliphatic heterocycles. The van der Waals surface area contributed by atoms with Gasteiger partial charge >= 0.3 is 6.18 Å². The van der Waals surface area contributed by atoms with Crippen LogP contribution in [0.4, 0.5) is 18.9 Å². The van der Waals surface area contributed by atoms with Crippen molar-refractivity contribution in [1.29, 1.82) is 0 Å².